The van der Waals surface area contributed by atoms with E-state index in [9.17, 15) is 9.90 Å². The molecule has 7 heteroatoms. The minimum Gasteiger partial charge on any atom is -0.507 e. The van der Waals surface area contributed by atoms with Gasteiger partial charge < -0.3 is 14.9 Å². The number of nitrogens with zero attached hydrogens (tertiary/aromatic N) is 5. The third kappa shape index (κ3) is 3.17. The van der Waals surface area contributed by atoms with Crippen molar-refractivity contribution in [2.24, 2.45) is 7.05 Å². The summed E-state index contributed by atoms with van der Waals surface area (Å²) in [7, 11) is 3.64. The minimum absolute atomic E-state index is 0.180. The SMILES string of the molecule is CCN1CCC[C@@H](N(C)c2nnc(-c3ccc4c(c3O)CCC4)n(C)c2=O)C1. The highest BCUT2D eigenvalue weighted by Crippen LogP contribution is 2.37. The molecule has 1 atom stereocenters. The van der Waals surface area contributed by atoms with Gasteiger partial charge in [-0.3, -0.25) is 9.36 Å². The van der Waals surface area contributed by atoms with Crippen LogP contribution in [0.4, 0.5) is 5.82 Å². The Morgan fingerprint density at radius 1 is 1.25 bits per heavy atom. The van der Waals surface area contributed by atoms with Crippen molar-refractivity contribution < 1.29 is 5.11 Å². The highest BCUT2D eigenvalue weighted by atomic mass is 16.3. The highest BCUT2D eigenvalue weighted by Gasteiger charge is 2.27. The molecule has 1 aliphatic heterocycles. The van der Waals surface area contributed by atoms with Gasteiger partial charge in [0.05, 0.1) is 5.56 Å². The summed E-state index contributed by atoms with van der Waals surface area (Å²) in [5.74, 6) is 1.02. The molecule has 2 heterocycles. The van der Waals surface area contributed by atoms with E-state index in [4.69, 9.17) is 0 Å². The average molecular weight is 383 g/mol. The molecule has 0 spiro atoms. The number of rotatable bonds is 4. The van der Waals surface area contributed by atoms with Gasteiger partial charge >= 0.3 is 0 Å². The zero-order valence-electron chi connectivity index (χ0n) is 17.0. The second-order valence-corrected chi connectivity index (χ2v) is 7.96. The molecule has 1 saturated heterocycles. The number of benzene rings is 1. The lowest BCUT2D eigenvalue weighted by Crippen LogP contribution is -2.48. The summed E-state index contributed by atoms with van der Waals surface area (Å²) in [5.41, 5.74) is 2.57. The van der Waals surface area contributed by atoms with Crippen LogP contribution in [0.1, 0.15) is 37.3 Å². The van der Waals surface area contributed by atoms with Crippen LogP contribution in [-0.4, -0.2) is 57.5 Å². The summed E-state index contributed by atoms with van der Waals surface area (Å²) in [6, 6.07) is 4.15. The molecular weight excluding hydrogens is 354 g/mol. The molecule has 1 aliphatic carbocycles. The van der Waals surface area contributed by atoms with Crippen LogP contribution >= 0.6 is 0 Å². The first-order valence-corrected chi connectivity index (χ1v) is 10.2. The minimum atomic E-state index is -0.180. The lowest BCUT2D eigenvalue weighted by molar-refractivity contribution is 0.215. The highest BCUT2D eigenvalue weighted by molar-refractivity contribution is 5.68. The van der Waals surface area contributed by atoms with Crippen molar-refractivity contribution in [1.82, 2.24) is 19.7 Å². The number of aromatic hydroxyl groups is 1. The van der Waals surface area contributed by atoms with Crippen LogP contribution in [0, 0.1) is 0 Å². The Kier molecular flexibility index (Phi) is 5.10. The van der Waals surface area contributed by atoms with Gasteiger partial charge in [0.2, 0.25) is 5.82 Å². The monoisotopic (exact) mass is 383 g/mol. The normalized spacial score (nSPS) is 19.6. The molecule has 0 unspecified atom stereocenters. The molecule has 2 aliphatic rings. The van der Waals surface area contributed by atoms with Crippen LogP contribution in [-0.2, 0) is 19.9 Å². The average Bonchev–Trinajstić information content (AvgIpc) is 3.20. The summed E-state index contributed by atoms with van der Waals surface area (Å²) in [5, 5.41) is 19.4. The number of phenolic OH excluding ortho intramolecular Hbond substituents is 1. The van der Waals surface area contributed by atoms with Gasteiger partial charge in [-0.2, -0.15) is 0 Å². The molecule has 2 aromatic rings. The first kappa shape index (κ1) is 18.9. The van der Waals surface area contributed by atoms with Crippen molar-refractivity contribution in [3.8, 4) is 17.1 Å². The van der Waals surface area contributed by atoms with Crippen molar-refractivity contribution in [2.75, 3.05) is 31.6 Å². The summed E-state index contributed by atoms with van der Waals surface area (Å²) >= 11 is 0. The fourth-order valence-electron chi connectivity index (χ4n) is 4.54. The van der Waals surface area contributed by atoms with E-state index in [-0.39, 0.29) is 17.4 Å². The fraction of sp³-hybridized carbons (Fsp3) is 0.571. The second kappa shape index (κ2) is 7.54. The summed E-state index contributed by atoms with van der Waals surface area (Å²) < 4.78 is 1.51. The van der Waals surface area contributed by atoms with Gasteiger partial charge in [-0.25, -0.2) is 0 Å². The zero-order chi connectivity index (χ0) is 19.8. The molecule has 0 radical (unpaired) electrons. The molecule has 1 N–H and O–H groups in total. The van der Waals surface area contributed by atoms with Crippen molar-refractivity contribution in [3.63, 3.8) is 0 Å². The number of hydrogen-bond acceptors (Lipinski definition) is 6. The molecule has 150 valence electrons. The van der Waals surface area contributed by atoms with Gasteiger partial charge in [0, 0.05) is 26.7 Å². The Labute approximate surface area is 165 Å². The number of likely N-dealkylation sites (N-methyl/N-ethyl adjacent to an activating group) is 2. The quantitative estimate of drug-likeness (QED) is 0.870. The van der Waals surface area contributed by atoms with Crippen LogP contribution in [0.2, 0.25) is 0 Å². The molecule has 7 nitrogen and oxygen atoms in total. The Hall–Kier alpha value is -2.41. The Balaban J connectivity index is 1.67. The van der Waals surface area contributed by atoms with E-state index < -0.39 is 0 Å². The largest absolute Gasteiger partial charge is 0.507 e. The number of aromatic nitrogens is 3. The number of likely N-dealkylation sites (tertiary alicyclic amines) is 1. The summed E-state index contributed by atoms with van der Waals surface area (Å²) in [6.45, 7) is 5.23. The van der Waals surface area contributed by atoms with Crippen LogP contribution in [0.5, 0.6) is 5.75 Å². The molecule has 1 aromatic carbocycles. The standard InChI is InChI=1S/C21H29N5O2/c1-4-26-12-6-8-15(13-26)24(2)20-21(28)25(3)19(22-23-20)17-11-10-14-7-5-9-16(14)18(17)27/h10-11,15,27H,4-9,12-13H2,1-3H3/t15-/m1/s1. The Morgan fingerprint density at radius 3 is 2.86 bits per heavy atom. The Morgan fingerprint density at radius 2 is 2.07 bits per heavy atom. The van der Waals surface area contributed by atoms with E-state index >= 15 is 0 Å². The topological polar surface area (TPSA) is 74.5 Å². The molecule has 0 saturated carbocycles. The van der Waals surface area contributed by atoms with Gasteiger partial charge in [0.25, 0.3) is 5.56 Å². The van der Waals surface area contributed by atoms with Crippen LogP contribution < -0.4 is 10.5 Å². The summed E-state index contributed by atoms with van der Waals surface area (Å²) in [6.07, 6.45) is 5.08. The van der Waals surface area contributed by atoms with E-state index in [0.717, 1.165) is 57.3 Å². The first-order valence-electron chi connectivity index (χ1n) is 10.2. The van der Waals surface area contributed by atoms with Crippen molar-refractivity contribution >= 4 is 5.82 Å². The predicted molar refractivity (Wildman–Crippen MR) is 110 cm³/mol. The smallest absolute Gasteiger partial charge is 0.296 e. The molecule has 1 aromatic heterocycles. The van der Waals surface area contributed by atoms with Crippen molar-refractivity contribution in [2.45, 2.75) is 45.1 Å². The molecule has 1 fully saturated rings. The van der Waals surface area contributed by atoms with Gasteiger partial charge in [-0.15, -0.1) is 10.2 Å². The maximum Gasteiger partial charge on any atom is 0.296 e. The Bertz CT molecular complexity index is 939. The maximum absolute atomic E-state index is 13.1. The van der Waals surface area contributed by atoms with E-state index in [1.807, 2.05) is 24.1 Å². The van der Waals surface area contributed by atoms with Gasteiger partial charge in [-0.05, 0) is 62.4 Å². The third-order valence-electron chi connectivity index (χ3n) is 6.36. The third-order valence-corrected chi connectivity index (χ3v) is 6.36. The number of anilines is 1. The number of phenols is 1. The maximum atomic E-state index is 13.1. The van der Waals surface area contributed by atoms with Crippen molar-refractivity contribution in [3.05, 3.63) is 33.6 Å². The number of aryl methyl sites for hydroxylation is 1. The lowest BCUT2D eigenvalue weighted by Gasteiger charge is -2.37. The number of fused-ring (bicyclic) bond motifs is 1. The fourth-order valence-corrected chi connectivity index (χ4v) is 4.54. The van der Waals surface area contributed by atoms with E-state index in [2.05, 4.69) is 22.0 Å². The van der Waals surface area contributed by atoms with Gasteiger partial charge in [0.1, 0.15) is 5.75 Å². The summed E-state index contributed by atoms with van der Waals surface area (Å²) in [4.78, 5) is 17.4. The predicted octanol–water partition coefficient (Wildman–Crippen LogP) is 1.96. The van der Waals surface area contributed by atoms with Crippen LogP contribution in [0.3, 0.4) is 0 Å². The number of hydrogen-bond donors (Lipinski definition) is 1. The van der Waals surface area contributed by atoms with Crippen LogP contribution in [0.15, 0.2) is 16.9 Å². The number of piperidine rings is 1. The molecule has 0 amide bonds. The molecule has 4 rings (SSSR count). The van der Waals surface area contributed by atoms with Crippen molar-refractivity contribution in [1.29, 1.82) is 0 Å². The molecule has 0 bridgehead atoms. The van der Waals surface area contributed by atoms with E-state index in [1.165, 1.54) is 10.1 Å². The molecular formula is C21H29N5O2. The molecule has 28 heavy (non-hydrogen) atoms. The van der Waals surface area contributed by atoms with Crippen LogP contribution in [0.25, 0.3) is 11.4 Å². The van der Waals surface area contributed by atoms with Gasteiger partial charge in [-0.1, -0.05) is 13.0 Å². The van der Waals surface area contributed by atoms with E-state index in [1.54, 1.807) is 7.05 Å². The second-order valence-electron chi connectivity index (χ2n) is 7.96. The lowest BCUT2D eigenvalue weighted by atomic mass is 10.0. The van der Waals surface area contributed by atoms with E-state index in [0.29, 0.717) is 17.2 Å². The van der Waals surface area contributed by atoms with Gasteiger partial charge in [0.15, 0.2) is 5.82 Å². The first-order chi connectivity index (χ1) is 13.5. The zero-order valence-corrected chi connectivity index (χ0v) is 17.0.